The van der Waals surface area contributed by atoms with Crippen molar-refractivity contribution in [3.8, 4) is 50.6 Å². The fourth-order valence-electron chi connectivity index (χ4n) is 12.2. The van der Waals surface area contributed by atoms with Crippen molar-refractivity contribution in [3.05, 3.63) is 85.0 Å². The second-order valence-electron chi connectivity index (χ2n) is 20.7. The van der Waals surface area contributed by atoms with Gasteiger partial charge < -0.3 is 15.3 Å². The van der Waals surface area contributed by atoms with Gasteiger partial charge in [0.25, 0.3) is 0 Å². The maximum Gasteiger partial charge on any atom is 0.122 e. The van der Waals surface area contributed by atoms with Gasteiger partial charge in [-0.1, -0.05) is 99.3 Å². The summed E-state index contributed by atoms with van der Waals surface area (Å²) in [5, 5.41) is 36.0. The molecule has 0 aromatic heterocycles. The van der Waals surface area contributed by atoms with E-state index in [9.17, 15) is 15.3 Å². The van der Waals surface area contributed by atoms with Crippen molar-refractivity contribution < 1.29 is 15.3 Å². The molecule has 0 unspecified atom stereocenters. The predicted octanol–water partition coefficient (Wildman–Crippen LogP) is 17.2. The summed E-state index contributed by atoms with van der Waals surface area (Å²) in [6, 6.07) is 7.27. The molecule has 0 atom stereocenters. The van der Waals surface area contributed by atoms with Gasteiger partial charge >= 0.3 is 0 Å². The van der Waals surface area contributed by atoms with Crippen LogP contribution in [-0.4, -0.2) is 15.3 Å². The molecule has 0 radical (unpaired) electrons. The molecule has 3 nitrogen and oxygen atoms in total. The van der Waals surface area contributed by atoms with E-state index in [1.54, 1.807) is 0 Å². The molecule has 60 heavy (non-hydrogen) atoms. The smallest absolute Gasteiger partial charge is 0.122 e. The molecule has 324 valence electrons. The first kappa shape index (κ1) is 44.3. The molecular weight excluding hydrogens is 733 g/mol. The van der Waals surface area contributed by atoms with E-state index in [1.165, 1.54) is 108 Å². The fourth-order valence-corrected chi connectivity index (χ4v) is 12.2. The summed E-state index contributed by atoms with van der Waals surface area (Å²) in [6.07, 6.45) is 17.8. The molecule has 4 aromatic carbocycles. The van der Waals surface area contributed by atoms with Gasteiger partial charge in [0.05, 0.1) is 0 Å². The molecule has 3 aliphatic carbocycles. The van der Waals surface area contributed by atoms with Crippen molar-refractivity contribution in [3.63, 3.8) is 0 Å². The van der Waals surface area contributed by atoms with E-state index in [0.717, 1.165) is 88.6 Å². The van der Waals surface area contributed by atoms with Crippen LogP contribution in [0.4, 0.5) is 0 Å². The highest BCUT2D eigenvalue weighted by atomic mass is 16.3. The first-order chi connectivity index (χ1) is 28.6. The molecule has 0 spiro atoms. The number of phenols is 3. The molecule has 4 aromatic rings. The minimum Gasteiger partial charge on any atom is -0.507 e. The minimum atomic E-state index is 0.192. The summed E-state index contributed by atoms with van der Waals surface area (Å²) in [4.78, 5) is 0. The number of rotatable bonds is 9. The average molecular weight is 811 g/mol. The highest BCUT2D eigenvalue weighted by Crippen LogP contribution is 2.57. The predicted molar refractivity (Wildman–Crippen MR) is 256 cm³/mol. The van der Waals surface area contributed by atoms with E-state index < -0.39 is 0 Å². The number of hydrogen-bond donors (Lipinski definition) is 3. The van der Waals surface area contributed by atoms with Crippen LogP contribution in [0, 0.1) is 41.5 Å². The normalized spacial score (nSPS) is 17.4. The summed E-state index contributed by atoms with van der Waals surface area (Å²) in [5.74, 6) is 3.12. The lowest BCUT2D eigenvalue weighted by Gasteiger charge is -2.35. The lowest BCUT2D eigenvalue weighted by atomic mass is 9.68. The monoisotopic (exact) mass is 811 g/mol. The van der Waals surface area contributed by atoms with E-state index in [1.807, 2.05) is 0 Å². The van der Waals surface area contributed by atoms with Crippen LogP contribution < -0.4 is 0 Å². The van der Waals surface area contributed by atoms with Crippen molar-refractivity contribution in [1.82, 2.24) is 0 Å². The fraction of sp³-hybridized carbons (Fsp3) is 0.579. The number of benzene rings is 4. The van der Waals surface area contributed by atoms with E-state index in [0.29, 0.717) is 35.0 Å². The lowest BCUT2D eigenvalue weighted by Crippen LogP contribution is -2.14. The number of aromatic hydroxyl groups is 3. The molecule has 0 heterocycles. The molecule has 0 aliphatic heterocycles. The van der Waals surface area contributed by atoms with E-state index in [4.69, 9.17) is 0 Å². The topological polar surface area (TPSA) is 60.7 Å². The van der Waals surface area contributed by atoms with Crippen molar-refractivity contribution in [1.29, 1.82) is 0 Å². The molecule has 0 saturated heterocycles. The molecule has 3 N–H and O–H groups in total. The second-order valence-corrected chi connectivity index (χ2v) is 20.7. The zero-order chi connectivity index (χ0) is 43.3. The second kappa shape index (κ2) is 17.9. The van der Waals surface area contributed by atoms with E-state index in [-0.39, 0.29) is 17.8 Å². The quantitative estimate of drug-likeness (QED) is 0.158. The molecule has 3 fully saturated rings. The van der Waals surface area contributed by atoms with Gasteiger partial charge in [-0.05, 0) is 234 Å². The van der Waals surface area contributed by atoms with Gasteiger partial charge in [0.2, 0.25) is 0 Å². The third-order valence-electron chi connectivity index (χ3n) is 16.0. The Morgan fingerprint density at radius 3 is 0.767 bits per heavy atom. The first-order valence-electron chi connectivity index (χ1n) is 24.3. The maximum atomic E-state index is 12.0. The Morgan fingerprint density at radius 2 is 0.567 bits per heavy atom. The third-order valence-corrected chi connectivity index (χ3v) is 16.0. The van der Waals surface area contributed by atoms with Crippen LogP contribution >= 0.6 is 0 Å². The number of phenolic OH excluding ortho intramolecular Hbond substituents is 3. The van der Waals surface area contributed by atoms with Gasteiger partial charge in [0.1, 0.15) is 17.2 Å². The van der Waals surface area contributed by atoms with Crippen LogP contribution in [0.2, 0.25) is 0 Å². The zero-order valence-corrected chi connectivity index (χ0v) is 39.6. The largest absolute Gasteiger partial charge is 0.507 e. The molecule has 7 rings (SSSR count). The van der Waals surface area contributed by atoms with Gasteiger partial charge in [-0.15, -0.1) is 0 Å². The highest BCUT2D eigenvalue weighted by molar-refractivity contribution is 5.96. The Balaban J connectivity index is 1.72. The first-order valence-corrected chi connectivity index (χ1v) is 24.3. The summed E-state index contributed by atoms with van der Waals surface area (Å²) in [7, 11) is 0. The molecule has 3 heteroatoms. The van der Waals surface area contributed by atoms with Crippen molar-refractivity contribution in [2.75, 3.05) is 0 Å². The molecular formula is C57H78O3. The Bertz CT molecular complexity index is 1960. The molecule has 0 amide bonds. The minimum absolute atomic E-state index is 0.192. The SMILES string of the molecule is Cc1c(-c2c(C(C)C)c(-c3cc(C4CCCCC4)c(O)c(C)c3C)c(C(C)C)c(-c3cc(C4CCCCC4)c(O)c(C)c3C)c2C(C)C)cc(C2CCCCC2)c(O)c1C. The average Bonchev–Trinajstić information content (AvgIpc) is 3.24. The number of hydrogen-bond acceptors (Lipinski definition) is 3. The van der Waals surface area contributed by atoms with Crippen molar-refractivity contribution in [2.24, 2.45) is 0 Å². The van der Waals surface area contributed by atoms with Crippen LogP contribution in [0.3, 0.4) is 0 Å². The zero-order valence-electron chi connectivity index (χ0n) is 39.6. The highest BCUT2D eigenvalue weighted by Gasteiger charge is 2.35. The molecule has 3 aliphatic rings. The molecule has 0 bridgehead atoms. The summed E-state index contributed by atoms with van der Waals surface area (Å²) < 4.78 is 0. The summed E-state index contributed by atoms with van der Waals surface area (Å²) >= 11 is 0. The van der Waals surface area contributed by atoms with Crippen LogP contribution in [0.1, 0.15) is 240 Å². The van der Waals surface area contributed by atoms with Crippen molar-refractivity contribution >= 4 is 0 Å². The Labute approximate surface area is 364 Å². The Kier molecular flexibility index (Phi) is 13.3. The summed E-state index contributed by atoms with van der Waals surface area (Å²) in [6.45, 7) is 27.5. The van der Waals surface area contributed by atoms with Gasteiger partial charge in [0, 0.05) is 0 Å². The maximum absolute atomic E-state index is 12.0. The Morgan fingerprint density at radius 1 is 0.350 bits per heavy atom. The van der Waals surface area contributed by atoms with Crippen LogP contribution in [0.5, 0.6) is 17.2 Å². The Hall–Kier alpha value is -3.72. The summed E-state index contributed by atoms with van der Waals surface area (Å²) in [5.41, 5.74) is 21.8. The van der Waals surface area contributed by atoms with Gasteiger partial charge in [0.15, 0.2) is 0 Å². The van der Waals surface area contributed by atoms with E-state index in [2.05, 4.69) is 101 Å². The van der Waals surface area contributed by atoms with Crippen LogP contribution in [-0.2, 0) is 0 Å². The lowest BCUT2D eigenvalue weighted by molar-refractivity contribution is 0.412. The van der Waals surface area contributed by atoms with Crippen LogP contribution in [0.25, 0.3) is 33.4 Å². The third kappa shape index (κ3) is 7.83. The van der Waals surface area contributed by atoms with Crippen LogP contribution in [0.15, 0.2) is 18.2 Å². The van der Waals surface area contributed by atoms with Gasteiger partial charge in [-0.25, -0.2) is 0 Å². The standard InChI is InChI=1S/C57H78O3/c1-31(2)49-52(43-28-46(40-22-16-13-17-23-40)55(58)37(10)34(43)7)50(32(3)4)54(45-30-48(42-26-20-15-21-27-42)57(60)39(12)36(45)9)51(33(5)6)53(49)44-29-47(41-24-18-14-19-25-41)56(59)38(11)35(44)8/h28-33,40-42,58-60H,13-27H2,1-12H3. The van der Waals surface area contributed by atoms with Gasteiger partial charge in [-0.3, -0.25) is 0 Å². The van der Waals surface area contributed by atoms with E-state index >= 15 is 0 Å². The van der Waals surface area contributed by atoms with Crippen molar-refractivity contribution in [2.45, 2.75) is 215 Å². The van der Waals surface area contributed by atoms with Gasteiger partial charge in [-0.2, -0.15) is 0 Å². The molecule has 3 saturated carbocycles.